The van der Waals surface area contributed by atoms with E-state index in [0.29, 0.717) is 0 Å². The molecule has 2 aromatic rings. The maximum atomic E-state index is 6.31. The molecule has 19 heavy (non-hydrogen) atoms. The average molecular weight is 255 g/mol. The third kappa shape index (κ3) is 3.32. The molecule has 3 heteroatoms. The van der Waals surface area contributed by atoms with Crippen molar-refractivity contribution in [1.29, 1.82) is 0 Å². The van der Waals surface area contributed by atoms with Gasteiger partial charge >= 0.3 is 0 Å². The van der Waals surface area contributed by atoms with Gasteiger partial charge in [0.15, 0.2) is 0 Å². The minimum atomic E-state index is -0.117. The number of aryl methyl sites for hydroxylation is 1. The molecule has 0 aliphatic carbocycles. The molecule has 1 heterocycles. The van der Waals surface area contributed by atoms with Crippen LogP contribution >= 0.6 is 0 Å². The Morgan fingerprint density at radius 1 is 1.16 bits per heavy atom. The van der Waals surface area contributed by atoms with Crippen LogP contribution in [0.1, 0.15) is 36.2 Å². The monoisotopic (exact) mass is 255 g/mol. The van der Waals surface area contributed by atoms with Gasteiger partial charge in [0.05, 0.1) is 6.04 Å². The van der Waals surface area contributed by atoms with Gasteiger partial charge in [0.2, 0.25) is 0 Å². The van der Waals surface area contributed by atoms with Gasteiger partial charge in [-0.3, -0.25) is 0 Å². The Hall–Kier alpha value is -1.87. The summed E-state index contributed by atoms with van der Waals surface area (Å²) in [6.45, 7) is 5.09. The molecule has 0 saturated carbocycles. The van der Waals surface area contributed by atoms with Gasteiger partial charge in [-0.1, -0.05) is 43.3 Å². The zero-order chi connectivity index (χ0) is 13.7. The van der Waals surface area contributed by atoms with Crippen molar-refractivity contribution in [3.8, 4) is 0 Å². The van der Waals surface area contributed by atoms with Crippen molar-refractivity contribution in [3.05, 3.63) is 59.3 Å². The molecule has 1 aromatic carbocycles. The van der Waals surface area contributed by atoms with Crippen molar-refractivity contribution in [2.45, 2.75) is 26.3 Å². The van der Waals surface area contributed by atoms with E-state index in [-0.39, 0.29) is 6.04 Å². The SMILES string of the molecule is CCCNc1ccc(C(N)c2ccccc2)c(C)n1. The van der Waals surface area contributed by atoms with E-state index in [1.807, 2.05) is 43.3 Å². The Balaban J connectivity index is 2.21. The lowest BCUT2D eigenvalue weighted by atomic mass is 9.99. The highest BCUT2D eigenvalue weighted by Crippen LogP contribution is 2.22. The molecule has 0 saturated heterocycles. The van der Waals surface area contributed by atoms with Crippen LogP contribution in [0.15, 0.2) is 42.5 Å². The van der Waals surface area contributed by atoms with Crippen molar-refractivity contribution >= 4 is 5.82 Å². The molecule has 2 rings (SSSR count). The molecule has 0 aliphatic rings. The average Bonchev–Trinajstić information content (AvgIpc) is 2.45. The minimum Gasteiger partial charge on any atom is -0.370 e. The lowest BCUT2D eigenvalue weighted by Gasteiger charge is -2.15. The van der Waals surface area contributed by atoms with Crippen LogP contribution in [0.3, 0.4) is 0 Å². The summed E-state index contributed by atoms with van der Waals surface area (Å²) in [6.07, 6.45) is 1.09. The van der Waals surface area contributed by atoms with Gasteiger partial charge in [-0.2, -0.15) is 0 Å². The van der Waals surface area contributed by atoms with Crippen molar-refractivity contribution < 1.29 is 0 Å². The van der Waals surface area contributed by atoms with Crippen LogP contribution in [0.25, 0.3) is 0 Å². The van der Waals surface area contributed by atoms with Crippen LogP contribution in [-0.2, 0) is 0 Å². The summed E-state index contributed by atoms with van der Waals surface area (Å²) in [5.74, 6) is 0.920. The summed E-state index contributed by atoms with van der Waals surface area (Å²) in [4.78, 5) is 4.57. The number of nitrogens with one attached hydrogen (secondary N) is 1. The van der Waals surface area contributed by atoms with Crippen molar-refractivity contribution in [2.75, 3.05) is 11.9 Å². The Bertz CT molecular complexity index is 523. The van der Waals surface area contributed by atoms with E-state index in [2.05, 4.69) is 23.3 Å². The summed E-state index contributed by atoms with van der Waals surface area (Å²) >= 11 is 0. The summed E-state index contributed by atoms with van der Waals surface area (Å²) in [6, 6.07) is 14.1. The van der Waals surface area contributed by atoms with Crippen LogP contribution in [0.4, 0.5) is 5.82 Å². The van der Waals surface area contributed by atoms with Crippen molar-refractivity contribution in [2.24, 2.45) is 5.73 Å². The molecule has 0 aliphatic heterocycles. The first kappa shape index (κ1) is 13.6. The highest BCUT2D eigenvalue weighted by Gasteiger charge is 2.12. The second-order valence-corrected chi connectivity index (χ2v) is 4.69. The molecular formula is C16H21N3. The van der Waals surface area contributed by atoms with Crippen LogP contribution in [0.2, 0.25) is 0 Å². The number of hydrogen-bond acceptors (Lipinski definition) is 3. The fraction of sp³-hybridized carbons (Fsp3) is 0.312. The van der Waals surface area contributed by atoms with Gasteiger partial charge in [-0.15, -0.1) is 0 Å². The second kappa shape index (κ2) is 6.34. The Morgan fingerprint density at radius 2 is 1.89 bits per heavy atom. The van der Waals surface area contributed by atoms with Gasteiger partial charge in [-0.25, -0.2) is 4.98 Å². The molecule has 0 amide bonds. The van der Waals surface area contributed by atoms with E-state index in [4.69, 9.17) is 5.73 Å². The normalized spacial score (nSPS) is 12.2. The van der Waals surface area contributed by atoms with E-state index < -0.39 is 0 Å². The molecule has 1 aromatic heterocycles. The summed E-state index contributed by atoms with van der Waals surface area (Å²) in [5, 5.41) is 3.29. The van der Waals surface area contributed by atoms with E-state index in [0.717, 1.165) is 35.6 Å². The third-order valence-electron chi connectivity index (χ3n) is 3.18. The number of nitrogens with zero attached hydrogens (tertiary/aromatic N) is 1. The standard InChI is InChI=1S/C16H21N3/c1-3-11-18-15-10-9-14(12(2)19-15)16(17)13-7-5-4-6-8-13/h4-10,16H,3,11,17H2,1-2H3,(H,18,19). The first-order valence-corrected chi connectivity index (χ1v) is 6.74. The predicted octanol–water partition coefficient (Wildman–Crippen LogP) is 3.26. The van der Waals surface area contributed by atoms with E-state index in [9.17, 15) is 0 Å². The first-order chi connectivity index (χ1) is 9.22. The molecular weight excluding hydrogens is 234 g/mol. The van der Waals surface area contributed by atoms with Gasteiger partial charge in [0.25, 0.3) is 0 Å². The highest BCUT2D eigenvalue weighted by atomic mass is 15.0. The van der Waals surface area contributed by atoms with E-state index >= 15 is 0 Å². The summed E-state index contributed by atoms with van der Waals surface area (Å²) < 4.78 is 0. The Labute approximate surface area is 114 Å². The molecule has 3 nitrogen and oxygen atoms in total. The molecule has 1 unspecified atom stereocenters. The molecule has 0 radical (unpaired) electrons. The van der Waals surface area contributed by atoms with E-state index in [1.54, 1.807) is 0 Å². The van der Waals surface area contributed by atoms with Crippen LogP contribution in [-0.4, -0.2) is 11.5 Å². The maximum Gasteiger partial charge on any atom is 0.126 e. The number of hydrogen-bond donors (Lipinski definition) is 2. The number of pyridine rings is 1. The number of anilines is 1. The maximum absolute atomic E-state index is 6.31. The fourth-order valence-electron chi connectivity index (χ4n) is 2.09. The van der Waals surface area contributed by atoms with Crippen molar-refractivity contribution in [3.63, 3.8) is 0 Å². The molecule has 0 spiro atoms. The number of nitrogens with two attached hydrogens (primary N) is 1. The van der Waals surface area contributed by atoms with Gasteiger partial charge < -0.3 is 11.1 Å². The number of aromatic nitrogens is 1. The quantitative estimate of drug-likeness (QED) is 0.862. The number of rotatable bonds is 5. The minimum absolute atomic E-state index is 0.117. The molecule has 100 valence electrons. The molecule has 1 atom stereocenters. The Kier molecular flexibility index (Phi) is 4.53. The summed E-state index contributed by atoms with van der Waals surface area (Å²) in [5.41, 5.74) is 9.48. The predicted molar refractivity (Wildman–Crippen MR) is 80.2 cm³/mol. The van der Waals surface area contributed by atoms with Crippen molar-refractivity contribution in [1.82, 2.24) is 4.98 Å². The smallest absolute Gasteiger partial charge is 0.126 e. The van der Waals surface area contributed by atoms with Crippen LogP contribution in [0, 0.1) is 6.92 Å². The zero-order valence-corrected chi connectivity index (χ0v) is 11.6. The molecule has 0 fully saturated rings. The summed E-state index contributed by atoms with van der Waals surface area (Å²) in [7, 11) is 0. The largest absolute Gasteiger partial charge is 0.370 e. The van der Waals surface area contributed by atoms with Crippen LogP contribution < -0.4 is 11.1 Å². The topological polar surface area (TPSA) is 50.9 Å². The molecule has 0 bridgehead atoms. The lowest BCUT2D eigenvalue weighted by Crippen LogP contribution is -2.14. The Morgan fingerprint density at radius 3 is 2.53 bits per heavy atom. The van der Waals surface area contributed by atoms with E-state index in [1.165, 1.54) is 0 Å². The van der Waals surface area contributed by atoms with Gasteiger partial charge in [0, 0.05) is 12.2 Å². The second-order valence-electron chi connectivity index (χ2n) is 4.69. The first-order valence-electron chi connectivity index (χ1n) is 6.74. The van der Waals surface area contributed by atoms with Gasteiger partial charge in [0.1, 0.15) is 5.82 Å². The lowest BCUT2D eigenvalue weighted by molar-refractivity contribution is 0.847. The fourth-order valence-corrected chi connectivity index (χ4v) is 2.09. The highest BCUT2D eigenvalue weighted by molar-refractivity contribution is 5.42. The third-order valence-corrected chi connectivity index (χ3v) is 3.18. The number of benzene rings is 1. The zero-order valence-electron chi connectivity index (χ0n) is 11.6. The van der Waals surface area contributed by atoms with Gasteiger partial charge in [-0.05, 0) is 30.5 Å². The molecule has 3 N–H and O–H groups in total. The van der Waals surface area contributed by atoms with Crippen LogP contribution in [0.5, 0.6) is 0 Å².